The van der Waals surface area contributed by atoms with E-state index in [4.69, 9.17) is 0 Å². The SMILES string of the molecule is CCCCS(CCCC)(CCCC)(CCCC)(CCCC)CCCC. The highest BCUT2D eigenvalue weighted by molar-refractivity contribution is 8.64. The van der Waals surface area contributed by atoms with Gasteiger partial charge in [-0.2, -0.15) is 0 Å². The van der Waals surface area contributed by atoms with Crippen molar-refractivity contribution >= 4 is 8.29 Å². The van der Waals surface area contributed by atoms with Gasteiger partial charge in [-0.1, -0.05) is 80.1 Å². The fourth-order valence-corrected chi connectivity index (χ4v) is 16.4. The van der Waals surface area contributed by atoms with Crippen LogP contribution in [0, 0.1) is 0 Å². The van der Waals surface area contributed by atoms with Crippen LogP contribution in [0.25, 0.3) is 0 Å². The zero-order chi connectivity index (χ0) is 19.1. The summed E-state index contributed by atoms with van der Waals surface area (Å²) in [6, 6.07) is 0. The Kier molecular flexibility index (Phi) is 12.1. The molecule has 0 saturated carbocycles. The quantitative estimate of drug-likeness (QED) is 0.225. The van der Waals surface area contributed by atoms with Crippen molar-refractivity contribution in [3.8, 4) is 0 Å². The average Bonchev–Trinajstić information content (AvgIpc) is 2.66. The van der Waals surface area contributed by atoms with E-state index in [1.165, 1.54) is 77.0 Å². The van der Waals surface area contributed by atoms with Gasteiger partial charge in [0.05, 0.1) is 0 Å². The second-order valence-corrected chi connectivity index (χ2v) is 18.0. The molecular weight excluding hydrogens is 320 g/mol. The third-order valence-corrected chi connectivity index (χ3v) is 17.7. The summed E-state index contributed by atoms with van der Waals surface area (Å²) in [4.78, 5) is 0. The van der Waals surface area contributed by atoms with E-state index < -0.39 is 8.29 Å². The van der Waals surface area contributed by atoms with E-state index in [1.807, 2.05) is 0 Å². The molecular formula is C24H54S. The van der Waals surface area contributed by atoms with E-state index >= 15 is 0 Å². The molecule has 0 aromatic rings. The molecule has 0 heterocycles. The van der Waals surface area contributed by atoms with E-state index in [1.54, 1.807) is 34.5 Å². The third kappa shape index (κ3) is 6.78. The van der Waals surface area contributed by atoms with Crippen LogP contribution in [0.2, 0.25) is 0 Å². The average molecular weight is 375 g/mol. The molecule has 0 aromatic heterocycles. The molecule has 1 heteroatoms. The molecule has 0 nitrogen and oxygen atoms in total. The van der Waals surface area contributed by atoms with E-state index in [2.05, 4.69) is 41.5 Å². The second-order valence-electron chi connectivity index (χ2n) is 9.41. The molecule has 0 atom stereocenters. The summed E-state index contributed by atoms with van der Waals surface area (Å²) in [7, 11) is -1.98. The van der Waals surface area contributed by atoms with Crippen LogP contribution < -0.4 is 0 Å². The fraction of sp³-hybridized carbons (Fsp3) is 1.00. The Morgan fingerprint density at radius 3 is 0.600 bits per heavy atom. The molecule has 0 saturated heterocycles. The maximum Gasteiger partial charge on any atom is -0.0336 e. The van der Waals surface area contributed by atoms with Gasteiger partial charge in [-0.15, -0.1) is 0 Å². The lowest BCUT2D eigenvalue weighted by atomic mass is 10.3. The van der Waals surface area contributed by atoms with Gasteiger partial charge in [0.25, 0.3) is 0 Å². The maximum absolute atomic E-state index is 2.43. The summed E-state index contributed by atoms with van der Waals surface area (Å²) in [6.07, 6.45) is 17.3. The first kappa shape index (κ1) is 25.4. The van der Waals surface area contributed by atoms with Gasteiger partial charge in [-0.25, -0.2) is 0 Å². The number of hydrogen-bond donors (Lipinski definition) is 0. The Morgan fingerprint density at radius 2 is 0.480 bits per heavy atom. The molecule has 0 bridgehead atoms. The third-order valence-electron chi connectivity index (χ3n) is 7.32. The van der Waals surface area contributed by atoms with Crippen LogP contribution >= 0.6 is 8.29 Å². The summed E-state index contributed by atoms with van der Waals surface area (Å²) < 4.78 is 0. The lowest BCUT2D eigenvalue weighted by molar-refractivity contribution is 0.758. The Balaban J connectivity index is 6.28. The normalized spacial score (nSPS) is 15.1. The number of unbranched alkanes of at least 4 members (excludes halogenated alkanes) is 6. The van der Waals surface area contributed by atoms with Crippen LogP contribution in [-0.2, 0) is 0 Å². The molecule has 0 aliphatic carbocycles. The first-order valence-corrected chi connectivity index (χ1v) is 15.4. The van der Waals surface area contributed by atoms with Gasteiger partial charge < -0.3 is 0 Å². The van der Waals surface area contributed by atoms with E-state index in [9.17, 15) is 0 Å². The largest absolute Gasteiger partial charge is 0.274 e. The highest BCUT2D eigenvalue weighted by Crippen LogP contribution is 2.90. The van der Waals surface area contributed by atoms with E-state index in [0.29, 0.717) is 0 Å². The van der Waals surface area contributed by atoms with Gasteiger partial charge in [-0.3, -0.25) is 8.29 Å². The predicted molar refractivity (Wildman–Crippen MR) is 126 cm³/mol. The van der Waals surface area contributed by atoms with Crippen molar-refractivity contribution < 1.29 is 0 Å². The van der Waals surface area contributed by atoms with E-state index in [0.717, 1.165) is 0 Å². The number of hydrogen-bond acceptors (Lipinski definition) is 0. The molecule has 0 radical (unpaired) electrons. The summed E-state index contributed by atoms with van der Waals surface area (Å²) in [5, 5.41) is 0. The molecule has 0 aromatic carbocycles. The molecule has 0 aliphatic rings. The van der Waals surface area contributed by atoms with Crippen LogP contribution in [0.4, 0.5) is 0 Å². The molecule has 0 aliphatic heterocycles. The topological polar surface area (TPSA) is 0 Å². The Bertz CT molecular complexity index is 234. The van der Waals surface area contributed by atoms with Crippen LogP contribution in [-0.4, -0.2) is 34.5 Å². The first-order chi connectivity index (χ1) is 12.0. The summed E-state index contributed by atoms with van der Waals surface area (Å²) in [5.41, 5.74) is 0. The first-order valence-electron chi connectivity index (χ1n) is 12.0. The van der Waals surface area contributed by atoms with Crippen molar-refractivity contribution in [2.75, 3.05) is 34.5 Å². The molecule has 0 rings (SSSR count). The number of rotatable bonds is 18. The zero-order valence-corrected chi connectivity index (χ0v) is 20.0. The standard InChI is InChI=1S/C24H54S/c1-7-13-19-25(20-14-8-2,21-15-9-3,22-16-10-4,23-17-11-5)24-18-12-6/h7-24H2,1-6H3. The van der Waals surface area contributed by atoms with Gasteiger partial charge in [-0.05, 0) is 73.0 Å². The Labute approximate surface area is 161 Å². The minimum absolute atomic E-state index is 1.39. The molecule has 25 heavy (non-hydrogen) atoms. The highest BCUT2D eigenvalue weighted by Gasteiger charge is 2.56. The van der Waals surface area contributed by atoms with Crippen molar-refractivity contribution in [3.05, 3.63) is 0 Å². The Hall–Kier alpha value is 0.350. The lowest BCUT2D eigenvalue weighted by Gasteiger charge is -2.82. The van der Waals surface area contributed by atoms with Crippen LogP contribution in [0.15, 0.2) is 0 Å². The minimum atomic E-state index is -1.98. The molecule has 0 amide bonds. The fourth-order valence-electron chi connectivity index (χ4n) is 5.46. The van der Waals surface area contributed by atoms with Crippen molar-refractivity contribution in [3.63, 3.8) is 0 Å². The predicted octanol–water partition coefficient (Wildman–Crippen LogP) is 8.66. The molecule has 156 valence electrons. The highest BCUT2D eigenvalue weighted by atomic mass is 32.4. The van der Waals surface area contributed by atoms with Gasteiger partial charge in [0, 0.05) is 0 Å². The van der Waals surface area contributed by atoms with Crippen molar-refractivity contribution in [1.82, 2.24) is 0 Å². The van der Waals surface area contributed by atoms with Crippen molar-refractivity contribution in [2.45, 2.75) is 119 Å². The zero-order valence-electron chi connectivity index (χ0n) is 19.1. The van der Waals surface area contributed by atoms with Gasteiger partial charge in [0.1, 0.15) is 0 Å². The molecule has 0 spiro atoms. The second kappa shape index (κ2) is 11.9. The van der Waals surface area contributed by atoms with Gasteiger partial charge in [0.2, 0.25) is 0 Å². The van der Waals surface area contributed by atoms with Crippen molar-refractivity contribution in [2.24, 2.45) is 0 Å². The van der Waals surface area contributed by atoms with Crippen LogP contribution in [0.3, 0.4) is 0 Å². The van der Waals surface area contributed by atoms with Crippen LogP contribution in [0.1, 0.15) is 119 Å². The lowest BCUT2D eigenvalue weighted by Crippen LogP contribution is -2.53. The summed E-state index contributed by atoms with van der Waals surface area (Å²) >= 11 is 0. The summed E-state index contributed by atoms with van der Waals surface area (Å²) in [5.74, 6) is 9.73. The minimum Gasteiger partial charge on any atom is -0.274 e. The summed E-state index contributed by atoms with van der Waals surface area (Å²) in [6.45, 7) is 14.6. The molecule has 0 unspecified atom stereocenters. The van der Waals surface area contributed by atoms with Crippen molar-refractivity contribution in [1.29, 1.82) is 0 Å². The maximum atomic E-state index is 2.43. The molecule has 0 N–H and O–H groups in total. The Morgan fingerprint density at radius 1 is 0.320 bits per heavy atom. The van der Waals surface area contributed by atoms with Crippen LogP contribution in [0.5, 0.6) is 0 Å². The monoisotopic (exact) mass is 374 g/mol. The van der Waals surface area contributed by atoms with Gasteiger partial charge >= 0.3 is 0 Å². The van der Waals surface area contributed by atoms with E-state index in [-0.39, 0.29) is 0 Å². The smallest absolute Gasteiger partial charge is 0.0336 e. The van der Waals surface area contributed by atoms with Gasteiger partial charge in [0.15, 0.2) is 0 Å². The molecule has 0 fully saturated rings.